The number of carboxylic acid groups (broad SMARTS) is 1. The van der Waals surface area contributed by atoms with Crippen molar-refractivity contribution in [2.45, 2.75) is 31.8 Å². The van der Waals surface area contributed by atoms with Gasteiger partial charge in [-0.2, -0.15) is 4.98 Å². The van der Waals surface area contributed by atoms with Crippen molar-refractivity contribution in [1.82, 2.24) is 20.2 Å². The molecule has 1 heterocycles. The molecule has 9 heteroatoms. The molecule has 1 saturated carbocycles. The molecule has 2 rings (SSSR count). The Morgan fingerprint density at radius 2 is 2.22 bits per heavy atom. The highest BCUT2D eigenvalue weighted by molar-refractivity contribution is 5.88. The molecule has 0 radical (unpaired) electrons. The number of methoxy groups -OCH3 is 1. The van der Waals surface area contributed by atoms with E-state index in [9.17, 15) is 9.59 Å². The van der Waals surface area contributed by atoms with Crippen LogP contribution in [0.25, 0.3) is 0 Å². The van der Waals surface area contributed by atoms with Crippen molar-refractivity contribution >= 4 is 17.8 Å². The van der Waals surface area contributed by atoms with Gasteiger partial charge in [-0.1, -0.05) is 6.92 Å². The van der Waals surface area contributed by atoms with Crippen LogP contribution < -0.4 is 15.4 Å². The molecule has 1 aliphatic carbocycles. The molecule has 3 N–H and O–H groups in total. The SMILES string of the molecule is CCN(CC(=O)O)C1CC(NC(=O)Nc2ccnc(OC)n2)C1. The summed E-state index contributed by atoms with van der Waals surface area (Å²) in [5.41, 5.74) is 0. The molecule has 1 aromatic rings. The highest BCUT2D eigenvalue weighted by Crippen LogP contribution is 2.25. The molecule has 0 saturated heterocycles. The van der Waals surface area contributed by atoms with Crippen LogP contribution in [0, 0.1) is 0 Å². The quantitative estimate of drug-likeness (QED) is 0.670. The van der Waals surface area contributed by atoms with E-state index in [0.29, 0.717) is 12.4 Å². The zero-order valence-corrected chi connectivity index (χ0v) is 13.2. The second-order valence-electron chi connectivity index (χ2n) is 5.31. The summed E-state index contributed by atoms with van der Waals surface area (Å²) in [6.45, 7) is 2.64. The first-order chi connectivity index (χ1) is 11.0. The lowest BCUT2D eigenvalue weighted by molar-refractivity contribution is -0.139. The molecule has 2 amide bonds. The molecule has 9 nitrogen and oxygen atoms in total. The van der Waals surface area contributed by atoms with Gasteiger partial charge in [-0.05, 0) is 25.5 Å². The third-order valence-corrected chi connectivity index (χ3v) is 3.77. The summed E-state index contributed by atoms with van der Waals surface area (Å²) in [5.74, 6) is -0.481. The number of likely N-dealkylation sites (N-methyl/N-ethyl adjacent to an activating group) is 1. The molecule has 126 valence electrons. The Hall–Kier alpha value is -2.42. The molecule has 0 bridgehead atoms. The monoisotopic (exact) mass is 323 g/mol. The van der Waals surface area contributed by atoms with Gasteiger partial charge < -0.3 is 15.2 Å². The lowest BCUT2D eigenvalue weighted by Gasteiger charge is -2.42. The van der Waals surface area contributed by atoms with Gasteiger partial charge in [0.1, 0.15) is 5.82 Å². The summed E-state index contributed by atoms with van der Waals surface area (Å²) >= 11 is 0. The van der Waals surface area contributed by atoms with Gasteiger partial charge in [0.15, 0.2) is 0 Å². The fraction of sp³-hybridized carbons (Fsp3) is 0.571. The first-order valence-electron chi connectivity index (χ1n) is 7.42. The predicted molar refractivity (Wildman–Crippen MR) is 82.4 cm³/mol. The van der Waals surface area contributed by atoms with Crippen molar-refractivity contribution in [2.24, 2.45) is 0 Å². The van der Waals surface area contributed by atoms with Gasteiger partial charge in [-0.25, -0.2) is 9.78 Å². The number of hydrogen-bond acceptors (Lipinski definition) is 6. The van der Waals surface area contributed by atoms with Crippen LogP contribution in [0.1, 0.15) is 19.8 Å². The van der Waals surface area contributed by atoms with Gasteiger partial charge in [-0.3, -0.25) is 15.0 Å². The smallest absolute Gasteiger partial charge is 0.320 e. The average molecular weight is 323 g/mol. The summed E-state index contributed by atoms with van der Waals surface area (Å²) in [7, 11) is 1.45. The number of carbonyl (C=O) groups is 2. The summed E-state index contributed by atoms with van der Waals surface area (Å²) < 4.78 is 4.89. The van der Waals surface area contributed by atoms with Crippen molar-refractivity contribution in [3.63, 3.8) is 0 Å². The van der Waals surface area contributed by atoms with Gasteiger partial charge in [0.25, 0.3) is 0 Å². The van der Waals surface area contributed by atoms with Crippen LogP contribution in [0.3, 0.4) is 0 Å². The van der Waals surface area contributed by atoms with Crippen molar-refractivity contribution in [3.8, 4) is 6.01 Å². The van der Waals surface area contributed by atoms with Crippen LogP contribution in [0.4, 0.5) is 10.6 Å². The zero-order chi connectivity index (χ0) is 16.8. The summed E-state index contributed by atoms with van der Waals surface area (Å²) in [6, 6.07) is 1.62. The Morgan fingerprint density at radius 1 is 1.48 bits per heavy atom. The highest BCUT2D eigenvalue weighted by atomic mass is 16.5. The lowest BCUT2D eigenvalue weighted by atomic mass is 9.85. The summed E-state index contributed by atoms with van der Waals surface area (Å²) in [6.07, 6.45) is 2.97. The Bertz CT molecular complexity index is 562. The molecule has 1 aromatic heterocycles. The minimum Gasteiger partial charge on any atom is -0.480 e. The van der Waals surface area contributed by atoms with Gasteiger partial charge in [0.05, 0.1) is 13.7 Å². The maximum atomic E-state index is 11.9. The number of hydrogen-bond donors (Lipinski definition) is 3. The Labute approximate surface area is 134 Å². The van der Waals surface area contributed by atoms with Crippen LogP contribution in [0.15, 0.2) is 12.3 Å². The third kappa shape index (κ3) is 4.78. The summed E-state index contributed by atoms with van der Waals surface area (Å²) in [4.78, 5) is 32.4. The number of ether oxygens (including phenoxy) is 1. The first-order valence-corrected chi connectivity index (χ1v) is 7.42. The number of carbonyl (C=O) groups excluding carboxylic acids is 1. The first kappa shape index (κ1) is 16.9. The minimum atomic E-state index is -0.835. The van der Waals surface area contributed by atoms with E-state index >= 15 is 0 Å². The zero-order valence-electron chi connectivity index (χ0n) is 13.2. The number of urea groups is 1. The number of nitrogens with zero attached hydrogens (tertiary/aromatic N) is 3. The second kappa shape index (κ2) is 7.73. The number of aromatic nitrogens is 2. The number of amides is 2. The lowest BCUT2D eigenvalue weighted by Crippen LogP contribution is -2.55. The maximum absolute atomic E-state index is 11.9. The Kier molecular flexibility index (Phi) is 5.69. The molecule has 0 unspecified atom stereocenters. The summed E-state index contributed by atoms with van der Waals surface area (Å²) in [5, 5.41) is 14.3. The van der Waals surface area contributed by atoms with Crippen LogP contribution in [-0.2, 0) is 4.79 Å². The molecular formula is C14H21N5O4. The normalized spacial score (nSPS) is 19.8. The average Bonchev–Trinajstić information content (AvgIpc) is 2.48. The topological polar surface area (TPSA) is 117 Å². The van der Waals surface area contributed by atoms with E-state index in [0.717, 1.165) is 12.8 Å². The van der Waals surface area contributed by atoms with Gasteiger partial charge >= 0.3 is 18.0 Å². The largest absolute Gasteiger partial charge is 0.480 e. The molecular weight excluding hydrogens is 302 g/mol. The van der Waals surface area contributed by atoms with Gasteiger partial charge in [0.2, 0.25) is 0 Å². The number of nitrogens with one attached hydrogen (secondary N) is 2. The van der Waals surface area contributed by atoms with Crippen LogP contribution in [0.2, 0.25) is 0 Å². The van der Waals surface area contributed by atoms with Gasteiger partial charge in [0, 0.05) is 18.3 Å². The molecule has 1 aliphatic rings. The molecule has 0 aliphatic heterocycles. The molecule has 0 spiro atoms. The standard InChI is InChI=1S/C14H21N5O4/c1-3-19(8-12(20)21)10-6-9(7-10)16-13(22)17-11-4-5-15-14(18-11)23-2/h4-5,9-10H,3,6-8H2,1-2H3,(H,20,21)(H2,15,16,17,18,22). The predicted octanol–water partition coefficient (Wildman–Crippen LogP) is 0.544. The molecule has 23 heavy (non-hydrogen) atoms. The van der Waals surface area contributed by atoms with E-state index in [2.05, 4.69) is 20.6 Å². The number of carboxylic acids is 1. The van der Waals surface area contributed by atoms with Crippen LogP contribution in [0.5, 0.6) is 6.01 Å². The van der Waals surface area contributed by atoms with E-state index in [1.54, 1.807) is 6.07 Å². The number of anilines is 1. The third-order valence-electron chi connectivity index (χ3n) is 3.77. The minimum absolute atomic E-state index is 0.0286. The van der Waals surface area contributed by atoms with Crippen LogP contribution in [-0.4, -0.2) is 64.3 Å². The van der Waals surface area contributed by atoms with Gasteiger partial charge in [-0.15, -0.1) is 0 Å². The maximum Gasteiger partial charge on any atom is 0.320 e. The fourth-order valence-corrected chi connectivity index (χ4v) is 2.52. The molecule has 0 atom stereocenters. The van der Waals surface area contributed by atoms with E-state index in [1.807, 2.05) is 11.8 Å². The van der Waals surface area contributed by atoms with Crippen molar-refractivity contribution in [1.29, 1.82) is 0 Å². The Balaban J connectivity index is 1.76. The number of rotatable bonds is 7. The van der Waals surface area contributed by atoms with Crippen molar-refractivity contribution in [3.05, 3.63) is 12.3 Å². The second-order valence-corrected chi connectivity index (χ2v) is 5.31. The van der Waals surface area contributed by atoms with E-state index in [1.165, 1.54) is 13.3 Å². The highest BCUT2D eigenvalue weighted by Gasteiger charge is 2.34. The van der Waals surface area contributed by atoms with E-state index in [4.69, 9.17) is 9.84 Å². The fourth-order valence-electron chi connectivity index (χ4n) is 2.52. The molecule has 0 aromatic carbocycles. The van der Waals surface area contributed by atoms with Crippen molar-refractivity contribution < 1.29 is 19.4 Å². The Morgan fingerprint density at radius 3 is 2.83 bits per heavy atom. The van der Waals surface area contributed by atoms with Crippen LogP contribution >= 0.6 is 0 Å². The number of aliphatic carboxylic acids is 1. The van der Waals surface area contributed by atoms with E-state index < -0.39 is 5.97 Å². The van der Waals surface area contributed by atoms with E-state index in [-0.39, 0.29) is 30.7 Å². The molecule has 1 fully saturated rings. The van der Waals surface area contributed by atoms with Crippen molar-refractivity contribution in [2.75, 3.05) is 25.5 Å².